The maximum atomic E-state index is 13.9. The van der Waals surface area contributed by atoms with Crippen LogP contribution in [0.3, 0.4) is 0 Å². The molecule has 0 spiro atoms. The summed E-state index contributed by atoms with van der Waals surface area (Å²) in [5.74, 6) is 1.52. The van der Waals surface area contributed by atoms with Gasteiger partial charge in [0.15, 0.2) is 5.39 Å². The lowest BCUT2D eigenvalue weighted by Crippen LogP contribution is -2.31. The molecule has 6 rings (SSSR count). The average molecular weight is 491 g/mol. The molecule has 0 fully saturated rings. The summed E-state index contributed by atoms with van der Waals surface area (Å²) in [4.78, 5) is 31.3. The Hall–Kier alpha value is -4.92. The average Bonchev–Trinajstić information content (AvgIpc) is 3.23. The molecule has 37 heavy (non-hydrogen) atoms. The summed E-state index contributed by atoms with van der Waals surface area (Å²) >= 11 is 0. The molecule has 1 N–H and O–H groups in total. The highest BCUT2D eigenvalue weighted by atomic mass is 16.5. The zero-order chi connectivity index (χ0) is 25.4. The van der Waals surface area contributed by atoms with Crippen LogP contribution in [0.1, 0.15) is 17.1 Å². The highest BCUT2D eigenvalue weighted by Crippen LogP contribution is 2.24. The topological polar surface area (TPSA) is 101 Å². The van der Waals surface area contributed by atoms with Crippen LogP contribution in [0.4, 0.5) is 0 Å². The zero-order valence-electron chi connectivity index (χ0n) is 20.4. The van der Waals surface area contributed by atoms with Crippen molar-refractivity contribution in [2.75, 3.05) is 7.11 Å². The van der Waals surface area contributed by atoms with E-state index < -0.39 is 0 Å². The van der Waals surface area contributed by atoms with Gasteiger partial charge in [0.2, 0.25) is 11.5 Å². The number of nitrogens with one attached hydrogen (secondary N) is 1. The van der Waals surface area contributed by atoms with Gasteiger partial charge in [0.1, 0.15) is 11.3 Å². The van der Waals surface area contributed by atoms with E-state index in [1.807, 2.05) is 73.7 Å². The number of aromatic amines is 1. The summed E-state index contributed by atoms with van der Waals surface area (Å²) in [6.07, 6.45) is 4.04. The Balaban J connectivity index is 1.52. The lowest BCUT2D eigenvalue weighted by atomic mass is 10.1. The van der Waals surface area contributed by atoms with Gasteiger partial charge < -0.3 is 4.74 Å². The molecule has 182 valence electrons. The monoisotopic (exact) mass is 490 g/mol. The number of ether oxygens (including phenoxy) is 1. The summed E-state index contributed by atoms with van der Waals surface area (Å²) in [5, 5.41) is 5.11. The van der Waals surface area contributed by atoms with Crippen LogP contribution in [0.15, 0.2) is 82.8 Å². The van der Waals surface area contributed by atoms with Gasteiger partial charge in [0.05, 0.1) is 36.6 Å². The number of fused-ring (bicyclic) bond motifs is 4. The van der Waals surface area contributed by atoms with Gasteiger partial charge in [-0.05, 0) is 42.0 Å². The standard InChI is InChI=1S/C28H23N7O2/c1-18-31-26-24(28(36)34(18)16-14-19-10-12-21(37-2)13-11-19)25-27(33-23-9-4-3-8-22(23)32-25)35(26)30-17-20-7-5-6-15-29-20/h3-13,15,17H,14,16H2,1-2H3/p+1/b30-17+. The second kappa shape index (κ2) is 9.27. The molecule has 9 heteroatoms. The van der Waals surface area contributed by atoms with E-state index in [4.69, 9.17) is 14.7 Å². The van der Waals surface area contributed by atoms with Gasteiger partial charge in [0.25, 0.3) is 5.65 Å². The third-order valence-electron chi connectivity index (χ3n) is 6.38. The molecule has 6 aromatic rings. The Morgan fingerprint density at radius 1 is 1.00 bits per heavy atom. The Bertz CT molecular complexity index is 1840. The Morgan fingerprint density at radius 2 is 1.76 bits per heavy atom. The van der Waals surface area contributed by atoms with E-state index >= 15 is 0 Å². The van der Waals surface area contributed by atoms with Crippen molar-refractivity contribution in [3.8, 4) is 5.75 Å². The van der Waals surface area contributed by atoms with Crippen LogP contribution in [0, 0.1) is 6.92 Å². The number of hydrogen-bond acceptors (Lipinski definition) is 6. The van der Waals surface area contributed by atoms with Gasteiger partial charge in [-0.1, -0.05) is 30.3 Å². The van der Waals surface area contributed by atoms with Crippen molar-refractivity contribution in [1.82, 2.24) is 24.2 Å². The zero-order valence-corrected chi connectivity index (χ0v) is 20.4. The maximum Gasteiger partial charge on any atom is 0.323 e. The molecule has 0 radical (unpaired) electrons. The van der Waals surface area contributed by atoms with Crippen molar-refractivity contribution >= 4 is 39.4 Å². The van der Waals surface area contributed by atoms with Crippen molar-refractivity contribution < 1.29 is 9.72 Å². The minimum absolute atomic E-state index is 0.138. The number of pyridine rings is 1. The Kier molecular flexibility index (Phi) is 5.65. The van der Waals surface area contributed by atoms with Gasteiger partial charge in [-0.15, -0.1) is 9.78 Å². The van der Waals surface area contributed by atoms with E-state index in [-0.39, 0.29) is 5.56 Å². The van der Waals surface area contributed by atoms with Gasteiger partial charge in [-0.2, -0.15) is 0 Å². The third kappa shape index (κ3) is 4.10. The number of rotatable bonds is 6. The first kappa shape index (κ1) is 22.5. The van der Waals surface area contributed by atoms with Gasteiger partial charge >= 0.3 is 5.56 Å². The second-order valence-electron chi connectivity index (χ2n) is 8.68. The van der Waals surface area contributed by atoms with E-state index in [0.29, 0.717) is 52.2 Å². The Labute approximate surface area is 211 Å². The molecule has 0 amide bonds. The van der Waals surface area contributed by atoms with Crippen LogP contribution < -0.4 is 15.3 Å². The maximum absolute atomic E-state index is 13.9. The van der Waals surface area contributed by atoms with Gasteiger partial charge in [0, 0.05) is 19.5 Å². The number of aryl methyl sites for hydroxylation is 2. The molecule has 0 aliphatic heterocycles. The smallest absolute Gasteiger partial charge is 0.323 e. The van der Waals surface area contributed by atoms with Crippen LogP contribution >= 0.6 is 0 Å². The molecule has 4 aromatic heterocycles. The minimum atomic E-state index is -0.138. The molecule has 0 saturated carbocycles. The molecular formula is C28H24N7O2+. The predicted octanol–water partition coefficient (Wildman–Crippen LogP) is 3.55. The minimum Gasteiger partial charge on any atom is -0.497 e. The largest absolute Gasteiger partial charge is 0.497 e. The Morgan fingerprint density at radius 3 is 2.49 bits per heavy atom. The van der Waals surface area contributed by atoms with Crippen molar-refractivity contribution in [3.63, 3.8) is 0 Å². The third-order valence-corrected chi connectivity index (χ3v) is 6.38. The highest BCUT2D eigenvalue weighted by molar-refractivity contribution is 6.03. The van der Waals surface area contributed by atoms with E-state index in [1.54, 1.807) is 28.8 Å². The lowest BCUT2D eigenvalue weighted by molar-refractivity contribution is -0.368. The van der Waals surface area contributed by atoms with Crippen LogP contribution in [0.5, 0.6) is 5.75 Å². The van der Waals surface area contributed by atoms with Crippen molar-refractivity contribution in [2.45, 2.75) is 19.9 Å². The summed E-state index contributed by atoms with van der Waals surface area (Å²) in [5.41, 5.74) is 4.65. The number of hydrogen-bond donors (Lipinski definition) is 0. The van der Waals surface area contributed by atoms with Crippen molar-refractivity contribution in [3.05, 3.63) is 100 Å². The molecule has 0 atom stereocenters. The van der Waals surface area contributed by atoms with E-state index in [1.165, 1.54) is 0 Å². The molecule has 0 unspecified atom stereocenters. The summed E-state index contributed by atoms with van der Waals surface area (Å²) < 4.78 is 8.64. The van der Waals surface area contributed by atoms with Crippen molar-refractivity contribution in [1.29, 1.82) is 0 Å². The lowest BCUT2D eigenvalue weighted by Gasteiger charge is -2.06. The molecule has 4 heterocycles. The first-order valence-corrected chi connectivity index (χ1v) is 11.9. The van der Waals surface area contributed by atoms with Crippen LogP contribution in [0.2, 0.25) is 0 Å². The fourth-order valence-electron chi connectivity index (χ4n) is 4.46. The number of methoxy groups -OCH3 is 1. The van der Waals surface area contributed by atoms with E-state index in [9.17, 15) is 4.79 Å². The second-order valence-corrected chi connectivity index (χ2v) is 8.68. The highest BCUT2D eigenvalue weighted by Gasteiger charge is 2.26. The number of H-pyrrole nitrogens is 1. The summed E-state index contributed by atoms with van der Waals surface area (Å²) in [7, 11) is 1.64. The number of benzene rings is 2. The normalized spacial score (nSPS) is 11.7. The molecule has 0 saturated heterocycles. The van der Waals surface area contributed by atoms with E-state index in [0.717, 1.165) is 16.8 Å². The molecule has 0 aliphatic rings. The van der Waals surface area contributed by atoms with E-state index in [2.05, 4.69) is 15.1 Å². The number of para-hydroxylation sites is 2. The van der Waals surface area contributed by atoms with Crippen LogP contribution in [-0.2, 0) is 13.0 Å². The summed E-state index contributed by atoms with van der Waals surface area (Å²) in [6.45, 7) is 2.39. The first-order valence-electron chi connectivity index (χ1n) is 11.9. The summed E-state index contributed by atoms with van der Waals surface area (Å²) in [6, 6.07) is 21.1. The molecule has 9 nitrogen and oxygen atoms in total. The number of nitrogens with zero attached hydrogens (tertiary/aromatic N) is 6. The molecule has 0 aliphatic carbocycles. The van der Waals surface area contributed by atoms with Crippen LogP contribution in [0.25, 0.3) is 33.2 Å². The fourth-order valence-corrected chi connectivity index (χ4v) is 4.46. The SMILES string of the molecule is COc1ccc(CCn2c(C)[nH+]c3c(c2=O)c2nc4ccccc4nc2n3/N=C/c2ccccn2)cc1. The fraction of sp³-hybridized carbons (Fsp3) is 0.143. The van der Waals surface area contributed by atoms with Crippen molar-refractivity contribution in [2.24, 2.45) is 5.10 Å². The first-order chi connectivity index (χ1) is 18.1. The van der Waals surface area contributed by atoms with Crippen LogP contribution in [-0.4, -0.2) is 37.5 Å². The quantitative estimate of drug-likeness (QED) is 0.332. The molecule has 0 bridgehead atoms. The predicted molar refractivity (Wildman–Crippen MR) is 142 cm³/mol. The van der Waals surface area contributed by atoms with Gasteiger partial charge in [-0.3, -0.25) is 4.98 Å². The number of aromatic nitrogens is 6. The molecule has 2 aromatic carbocycles. The molecular weight excluding hydrogens is 466 g/mol. The van der Waals surface area contributed by atoms with Gasteiger partial charge in [-0.25, -0.2) is 24.3 Å².